The van der Waals surface area contributed by atoms with Gasteiger partial charge in [0, 0.05) is 0 Å². The highest BCUT2D eigenvalue weighted by Gasteiger charge is 2.05. The Labute approximate surface area is 66.3 Å². The summed E-state index contributed by atoms with van der Waals surface area (Å²) in [7, 11) is 5.50. The van der Waals surface area contributed by atoms with Gasteiger partial charge < -0.3 is 5.11 Å². The van der Waals surface area contributed by atoms with Crippen molar-refractivity contribution in [3.8, 4) is 0 Å². The summed E-state index contributed by atoms with van der Waals surface area (Å²) < 4.78 is 0. The summed E-state index contributed by atoms with van der Waals surface area (Å²) in [6, 6.07) is 4.85. The fourth-order valence-electron chi connectivity index (χ4n) is 0.885. The normalized spacial score (nSPS) is 9.55. The van der Waals surface area contributed by atoms with E-state index < -0.39 is 5.97 Å². The Bertz CT molecular complexity index is 294. The van der Waals surface area contributed by atoms with Crippen molar-refractivity contribution in [2.24, 2.45) is 0 Å². The number of carboxylic acid groups (broad SMARTS) is 1. The fourth-order valence-corrected chi connectivity index (χ4v) is 0.885. The third kappa shape index (κ3) is 1.42. The summed E-state index contributed by atoms with van der Waals surface area (Å²) in [5.41, 5.74) is 1.41. The van der Waals surface area contributed by atoms with Crippen LogP contribution >= 0.6 is 0 Å². The van der Waals surface area contributed by atoms with Crippen molar-refractivity contribution in [1.82, 2.24) is 0 Å². The molecular weight excluding hydrogens is 139 g/mol. The summed E-state index contributed by atoms with van der Waals surface area (Å²) in [5.74, 6) is -0.935. The van der Waals surface area contributed by atoms with Gasteiger partial charge >= 0.3 is 5.97 Å². The van der Waals surface area contributed by atoms with Gasteiger partial charge in [-0.1, -0.05) is 17.6 Å². The van der Waals surface area contributed by atoms with E-state index in [1.54, 1.807) is 19.1 Å². The predicted octanol–water partition coefficient (Wildman–Crippen LogP) is 0.487. The topological polar surface area (TPSA) is 37.3 Å². The third-order valence-electron chi connectivity index (χ3n) is 1.61. The molecule has 54 valence electrons. The van der Waals surface area contributed by atoms with Crippen LogP contribution in [0, 0.1) is 6.92 Å². The third-order valence-corrected chi connectivity index (χ3v) is 1.61. The van der Waals surface area contributed by atoms with Crippen molar-refractivity contribution in [3.63, 3.8) is 0 Å². The van der Waals surface area contributed by atoms with Crippen LogP contribution in [0.5, 0.6) is 0 Å². The maximum atomic E-state index is 10.5. The van der Waals surface area contributed by atoms with Gasteiger partial charge in [-0.15, -0.1) is 0 Å². The van der Waals surface area contributed by atoms with E-state index in [1.807, 2.05) is 0 Å². The first-order chi connectivity index (χ1) is 5.13. The number of carboxylic acids is 1. The second-order valence-corrected chi connectivity index (χ2v) is 2.32. The molecule has 0 unspecified atom stereocenters. The van der Waals surface area contributed by atoms with E-state index in [0.29, 0.717) is 11.0 Å². The molecule has 0 bridgehead atoms. The van der Waals surface area contributed by atoms with E-state index in [0.717, 1.165) is 0 Å². The molecule has 1 aromatic rings. The molecule has 1 rings (SSSR count). The zero-order chi connectivity index (χ0) is 8.43. The lowest BCUT2D eigenvalue weighted by Crippen LogP contribution is -2.12. The SMILES string of the molecule is [B]c1cccc(C(=O)O)c1C. The molecule has 0 spiro atoms. The Morgan fingerprint density at radius 1 is 1.55 bits per heavy atom. The first-order valence-electron chi connectivity index (χ1n) is 3.21. The van der Waals surface area contributed by atoms with Gasteiger partial charge in [-0.25, -0.2) is 4.79 Å². The molecule has 0 saturated heterocycles. The number of aromatic carboxylic acids is 1. The predicted molar refractivity (Wildman–Crippen MR) is 43.5 cm³/mol. The van der Waals surface area contributed by atoms with Crippen LogP contribution < -0.4 is 5.46 Å². The summed E-state index contributed by atoms with van der Waals surface area (Å²) in [6.45, 7) is 1.69. The molecule has 0 aliphatic heterocycles. The molecule has 1 aromatic carbocycles. The molecule has 11 heavy (non-hydrogen) atoms. The Balaban J connectivity index is 3.27. The molecule has 0 aliphatic rings. The van der Waals surface area contributed by atoms with E-state index in [1.165, 1.54) is 6.07 Å². The van der Waals surface area contributed by atoms with Gasteiger partial charge in [0.15, 0.2) is 0 Å². The monoisotopic (exact) mass is 146 g/mol. The first kappa shape index (κ1) is 7.86. The highest BCUT2D eigenvalue weighted by molar-refractivity contribution is 6.33. The molecule has 2 nitrogen and oxygen atoms in total. The van der Waals surface area contributed by atoms with Crippen LogP contribution in [0.4, 0.5) is 0 Å². The lowest BCUT2D eigenvalue weighted by Gasteiger charge is -2.02. The first-order valence-corrected chi connectivity index (χ1v) is 3.21. The second kappa shape index (κ2) is 2.78. The number of hydrogen-bond donors (Lipinski definition) is 1. The van der Waals surface area contributed by atoms with Gasteiger partial charge in [-0.2, -0.15) is 0 Å². The maximum absolute atomic E-state index is 10.5. The van der Waals surface area contributed by atoms with Gasteiger partial charge in [-0.05, 0) is 18.6 Å². The van der Waals surface area contributed by atoms with Gasteiger partial charge in [0.2, 0.25) is 0 Å². The molecule has 1 N–H and O–H groups in total. The van der Waals surface area contributed by atoms with Gasteiger partial charge in [0.05, 0.1) is 5.56 Å². The van der Waals surface area contributed by atoms with Crippen molar-refractivity contribution in [3.05, 3.63) is 29.3 Å². The minimum absolute atomic E-state index is 0.269. The van der Waals surface area contributed by atoms with Crippen LogP contribution in [0.15, 0.2) is 18.2 Å². The summed E-state index contributed by atoms with van der Waals surface area (Å²) in [4.78, 5) is 10.5. The average Bonchev–Trinajstić information content (AvgIpc) is 1.94. The molecule has 2 radical (unpaired) electrons. The largest absolute Gasteiger partial charge is 0.478 e. The second-order valence-electron chi connectivity index (χ2n) is 2.32. The quantitative estimate of drug-likeness (QED) is 0.585. The van der Waals surface area contributed by atoms with Gasteiger partial charge in [0.1, 0.15) is 7.85 Å². The Morgan fingerprint density at radius 2 is 2.18 bits per heavy atom. The number of benzene rings is 1. The number of carbonyl (C=O) groups is 1. The molecule has 0 aromatic heterocycles. The highest BCUT2D eigenvalue weighted by atomic mass is 16.4. The molecule has 3 heteroatoms. The zero-order valence-corrected chi connectivity index (χ0v) is 6.16. The lowest BCUT2D eigenvalue weighted by atomic mass is 9.88. The van der Waals surface area contributed by atoms with Crippen molar-refractivity contribution >= 4 is 19.3 Å². The summed E-state index contributed by atoms with van der Waals surface area (Å²) in [5, 5.41) is 8.63. The van der Waals surface area contributed by atoms with Gasteiger partial charge in [-0.3, -0.25) is 0 Å². The molecule has 0 fully saturated rings. The van der Waals surface area contributed by atoms with Crippen molar-refractivity contribution < 1.29 is 9.90 Å². The summed E-state index contributed by atoms with van der Waals surface area (Å²) >= 11 is 0. The zero-order valence-electron chi connectivity index (χ0n) is 6.16. The molecule has 0 aliphatic carbocycles. The van der Waals surface area contributed by atoms with Crippen LogP contribution in [0.1, 0.15) is 15.9 Å². The number of hydrogen-bond acceptors (Lipinski definition) is 1. The van der Waals surface area contributed by atoms with Gasteiger partial charge in [0.25, 0.3) is 0 Å². The van der Waals surface area contributed by atoms with E-state index in [-0.39, 0.29) is 5.56 Å². The lowest BCUT2D eigenvalue weighted by molar-refractivity contribution is 0.0696. The van der Waals surface area contributed by atoms with Crippen LogP contribution in [-0.2, 0) is 0 Å². The molecule has 0 atom stereocenters. The van der Waals surface area contributed by atoms with Crippen molar-refractivity contribution in [2.45, 2.75) is 6.92 Å². The smallest absolute Gasteiger partial charge is 0.335 e. The summed E-state index contributed by atoms with van der Waals surface area (Å²) in [6.07, 6.45) is 0. The van der Waals surface area contributed by atoms with Crippen molar-refractivity contribution in [1.29, 1.82) is 0 Å². The molecular formula is C8H7BO2. The van der Waals surface area contributed by atoms with Crippen LogP contribution in [0.2, 0.25) is 0 Å². The van der Waals surface area contributed by atoms with E-state index in [2.05, 4.69) is 0 Å². The fraction of sp³-hybridized carbons (Fsp3) is 0.125. The van der Waals surface area contributed by atoms with Crippen LogP contribution in [0.25, 0.3) is 0 Å². The maximum Gasteiger partial charge on any atom is 0.335 e. The van der Waals surface area contributed by atoms with Crippen LogP contribution in [0.3, 0.4) is 0 Å². The van der Waals surface area contributed by atoms with Crippen LogP contribution in [-0.4, -0.2) is 18.9 Å². The molecule has 0 saturated carbocycles. The molecule has 0 heterocycles. The Hall–Kier alpha value is -1.25. The average molecular weight is 146 g/mol. The minimum Gasteiger partial charge on any atom is -0.478 e. The van der Waals surface area contributed by atoms with Crippen molar-refractivity contribution in [2.75, 3.05) is 0 Å². The molecule has 0 amide bonds. The number of rotatable bonds is 1. The highest BCUT2D eigenvalue weighted by Crippen LogP contribution is 2.03. The Kier molecular flexibility index (Phi) is 1.99. The van der Waals surface area contributed by atoms with E-state index >= 15 is 0 Å². The minimum atomic E-state index is -0.935. The van der Waals surface area contributed by atoms with E-state index in [4.69, 9.17) is 13.0 Å². The van der Waals surface area contributed by atoms with E-state index in [9.17, 15) is 4.79 Å². The standard InChI is InChI=1S/C8H7BO2/c1-5-6(8(10)11)3-2-4-7(5)9/h2-4H,1H3,(H,10,11). The Morgan fingerprint density at radius 3 is 2.64 bits per heavy atom.